The Bertz CT molecular complexity index is 284. The molecule has 0 radical (unpaired) electrons. The zero-order valence-electron chi connectivity index (χ0n) is 9.16. The average molecular weight is 210 g/mol. The Morgan fingerprint density at radius 3 is 2.87 bits per heavy atom. The summed E-state index contributed by atoms with van der Waals surface area (Å²) < 4.78 is 5.59. The Balaban J connectivity index is 1.73. The van der Waals surface area contributed by atoms with Crippen LogP contribution in [0.3, 0.4) is 0 Å². The standard InChI is InChI=1S/C11H18N2O2/c1-11(8-4-5-12-6-8)7-13(9-2-3-9)10(14)15-11/h8-9,12H,2-7H2,1H3. The molecule has 0 aromatic rings. The van der Waals surface area contributed by atoms with Crippen LogP contribution in [-0.2, 0) is 4.74 Å². The second-order valence-electron chi connectivity index (χ2n) is 5.23. The van der Waals surface area contributed by atoms with Crippen LogP contribution in [0.15, 0.2) is 0 Å². The van der Waals surface area contributed by atoms with Crippen LogP contribution in [0.25, 0.3) is 0 Å². The van der Waals surface area contributed by atoms with Crippen molar-refractivity contribution < 1.29 is 9.53 Å². The summed E-state index contributed by atoms with van der Waals surface area (Å²) in [6.45, 7) is 4.93. The van der Waals surface area contributed by atoms with Gasteiger partial charge in [-0.15, -0.1) is 0 Å². The van der Waals surface area contributed by atoms with Crippen molar-refractivity contribution in [3.8, 4) is 0 Å². The van der Waals surface area contributed by atoms with Crippen LogP contribution >= 0.6 is 0 Å². The van der Waals surface area contributed by atoms with E-state index < -0.39 is 0 Å². The van der Waals surface area contributed by atoms with Crippen LogP contribution < -0.4 is 5.32 Å². The summed E-state index contributed by atoms with van der Waals surface area (Å²) in [4.78, 5) is 13.6. The number of cyclic esters (lactones) is 1. The SMILES string of the molecule is CC1(C2CCNC2)CN(C2CC2)C(=O)O1. The number of hydrogen-bond donors (Lipinski definition) is 1. The number of nitrogens with one attached hydrogen (secondary N) is 1. The summed E-state index contributed by atoms with van der Waals surface area (Å²) in [5, 5.41) is 3.34. The molecule has 0 aromatic heterocycles. The zero-order valence-corrected chi connectivity index (χ0v) is 9.16. The van der Waals surface area contributed by atoms with Gasteiger partial charge in [0.05, 0.1) is 6.54 Å². The number of rotatable bonds is 2. The number of carbonyl (C=O) groups excluding carboxylic acids is 1. The van der Waals surface area contributed by atoms with Crippen molar-refractivity contribution in [1.29, 1.82) is 0 Å². The molecule has 3 aliphatic rings. The van der Waals surface area contributed by atoms with Crippen LogP contribution in [0.1, 0.15) is 26.2 Å². The van der Waals surface area contributed by atoms with E-state index in [9.17, 15) is 4.79 Å². The third kappa shape index (κ3) is 1.51. The highest BCUT2D eigenvalue weighted by molar-refractivity contribution is 5.71. The molecule has 4 nitrogen and oxygen atoms in total. The Labute approximate surface area is 90.0 Å². The molecular weight excluding hydrogens is 192 g/mol. The summed E-state index contributed by atoms with van der Waals surface area (Å²) in [6, 6.07) is 0.480. The van der Waals surface area contributed by atoms with Gasteiger partial charge in [0, 0.05) is 18.5 Å². The zero-order chi connectivity index (χ0) is 10.5. The second-order valence-corrected chi connectivity index (χ2v) is 5.23. The summed E-state index contributed by atoms with van der Waals surface area (Å²) in [6.07, 6.45) is 3.36. The normalized spacial score (nSPS) is 41.0. The first-order valence-electron chi connectivity index (χ1n) is 5.89. The molecule has 1 aliphatic carbocycles. The van der Waals surface area contributed by atoms with Crippen molar-refractivity contribution in [2.75, 3.05) is 19.6 Å². The van der Waals surface area contributed by atoms with Crippen molar-refractivity contribution in [2.24, 2.45) is 5.92 Å². The summed E-state index contributed by atoms with van der Waals surface area (Å²) >= 11 is 0. The Morgan fingerprint density at radius 1 is 1.47 bits per heavy atom. The highest BCUT2D eigenvalue weighted by Crippen LogP contribution is 2.38. The van der Waals surface area contributed by atoms with Gasteiger partial charge in [-0.1, -0.05) is 0 Å². The topological polar surface area (TPSA) is 41.6 Å². The molecule has 2 unspecified atom stereocenters. The van der Waals surface area contributed by atoms with E-state index >= 15 is 0 Å². The number of carbonyl (C=O) groups is 1. The molecular formula is C11H18N2O2. The lowest BCUT2D eigenvalue weighted by molar-refractivity contribution is 0.0287. The van der Waals surface area contributed by atoms with E-state index in [2.05, 4.69) is 12.2 Å². The monoisotopic (exact) mass is 210 g/mol. The first-order chi connectivity index (χ1) is 7.19. The van der Waals surface area contributed by atoms with Gasteiger partial charge in [0.25, 0.3) is 0 Å². The third-order valence-electron chi connectivity index (χ3n) is 3.95. The lowest BCUT2D eigenvalue weighted by Crippen LogP contribution is -2.40. The highest BCUT2D eigenvalue weighted by atomic mass is 16.6. The second kappa shape index (κ2) is 3.11. The van der Waals surface area contributed by atoms with E-state index in [1.165, 1.54) is 0 Å². The van der Waals surface area contributed by atoms with Gasteiger partial charge in [-0.25, -0.2) is 4.79 Å². The molecule has 15 heavy (non-hydrogen) atoms. The van der Waals surface area contributed by atoms with E-state index in [4.69, 9.17) is 4.74 Å². The summed E-state index contributed by atoms with van der Waals surface area (Å²) in [5.41, 5.74) is -0.247. The van der Waals surface area contributed by atoms with Crippen LogP contribution in [0.4, 0.5) is 4.79 Å². The van der Waals surface area contributed by atoms with Gasteiger partial charge in [0.15, 0.2) is 0 Å². The average Bonchev–Trinajstić information content (AvgIpc) is 2.77. The fraction of sp³-hybridized carbons (Fsp3) is 0.909. The molecule has 0 spiro atoms. The van der Waals surface area contributed by atoms with E-state index in [0.29, 0.717) is 12.0 Å². The van der Waals surface area contributed by atoms with E-state index in [-0.39, 0.29) is 11.7 Å². The molecule has 1 N–H and O–H groups in total. The van der Waals surface area contributed by atoms with Gasteiger partial charge in [-0.05, 0) is 32.7 Å². The fourth-order valence-electron chi connectivity index (χ4n) is 2.75. The molecule has 0 bridgehead atoms. The molecule has 4 heteroatoms. The minimum absolute atomic E-state index is 0.0908. The van der Waals surface area contributed by atoms with Crippen LogP contribution in [0.2, 0.25) is 0 Å². The maximum atomic E-state index is 11.7. The quantitative estimate of drug-likeness (QED) is 0.738. The maximum absolute atomic E-state index is 11.7. The lowest BCUT2D eigenvalue weighted by Gasteiger charge is -2.28. The molecule has 3 fully saturated rings. The Kier molecular flexibility index (Phi) is 1.96. The number of nitrogens with zero attached hydrogens (tertiary/aromatic N) is 1. The molecule has 84 valence electrons. The predicted octanol–water partition coefficient (Wildman–Crippen LogP) is 0.969. The van der Waals surface area contributed by atoms with Crippen LogP contribution in [0, 0.1) is 5.92 Å². The molecule has 0 aromatic carbocycles. The van der Waals surface area contributed by atoms with E-state index in [1.54, 1.807) is 0 Å². The number of ether oxygens (including phenoxy) is 1. The maximum Gasteiger partial charge on any atom is 0.410 e. The predicted molar refractivity (Wildman–Crippen MR) is 55.6 cm³/mol. The molecule has 3 rings (SSSR count). The van der Waals surface area contributed by atoms with Gasteiger partial charge < -0.3 is 15.0 Å². The lowest BCUT2D eigenvalue weighted by atomic mass is 9.88. The molecule has 2 saturated heterocycles. The Morgan fingerprint density at radius 2 is 2.27 bits per heavy atom. The molecule has 2 aliphatic heterocycles. The van der Waals surface area contributed by atoms with Gasteiger partial charge in [0.1, 0.15) is 5.60 Å². The van der Waals surface area contributed by atoms with Gasteiger partial charge in [-0.3, -0.25) is 0 Å². The largest absolute Gasteiger partial charge is 0.441 e. The molecule has 1 saturated carbocycles. The van der Waals surface area contributed by atoms with Gasteiger partial charge in [-0.2, -0.15) is 0 Å². The summed E-state index contributed by atoms with van der Waals surface area (Å²) in [7, 11) is 0. The highest BCUT2D eigenvalue weighted by Gasteiger charge is 2.51. The molecule has 2 heterocycles. The van der Waals surface area contributed by atoms with Crippen molar-refractivity contribution >= 4 is 6.09 Å². The first-order valence-corrected chi connectivity index (χ1v) is 5.89. The summed E-state index contributed by atoms with van der Waals surface area (Å²) in [5.74, 6) is 0.491. The molecule has 1 amide bonds. The van der Waals surface area contributed by atoms with Gasteiger partial charge >= 0.3 is 6.09 Å². The number of amides is 1. The minimum Gasteiger partial charge on any atom is -0.441 e. The van der Waals surface area contributed by atoms with E-state index in [0.717, 1.165) is 38.9 Å². The first kappa shape index (κ1) is 9.46. The van der Waals surface area contributed by atoms with Crippen LogP contribution in [-0.4, -0.2) is 42.3 Å². The molecule has 2 atom stereocenters. The van der Waals surface area contributed by atoms with Crippen molar-refractivity contribution in [2.45, 2.75) is 37.8 Å². The van der Waals surface area contributed by atoms with Gasteiger partial charge in [0.2, 0.25) is 0 Å². The number of hydrogen-bond acceptors (Lipinski definition) is 3. The smallest absolute Gasteiger partial charge is 0.410 e. The minimum atomic E-state index is -0.247. The fourth-order valence-corrected chi connectivity index (χ4v) is 2.75. The van der Waals surface area contributed by atoms with Crippen molar-refractivity contribution in [1.82, 2.24) is 10.2 Å². The Hall–Kier alpha value is -0.770. The van der Waals surface area contributed by atoms with Crippen molar-refractivity contribution in [3.05, 3.63) is 0 Å². The van der Waals surface area contributed by atoms with E-state index in [1.807, 2.05) is 4.90 Å². The van der Waals surface area contributed by atoms with Crippen LogP contribution in [0.5, 0.6) is 0 Å². The van der Waals surface area contributed by atoms with Crippen molar-refractivity contribution in [3.63, 3.8) is 0 Å². The third-order valence-corrected chi connectivity index (χ3v) is 3.95.